The molecule has 45 heavy (non-hydrogen) atoms. The fourth-order valence-electron chi connectivity index (χ4n) is 4.73. The predicted octanol–water partition coefficient (Wildman–Crippen LogP) is 7.30. The van der Waals surface area contributed by atoms with Gasteiger partial charge in [-0.2, -0.15) is 0 Å². The quantitative estimate of drug-likeness (QED) is 0.169. The van der Waals surface area contributed by atoms with Gasteiger partial charge in [-0.3, -0.25) is 14.4 Å². The Morgan fingerprint density at radius 2 is 1.38 bits per heavy atom. The zero-order chi connectivity index (χ0) is 33.4. The van der Waals surface area contributed by atoms with Crippen molar-refractivity contribution in [1.29, 1.82) is 0 Å². The van der Waals surface area contributed by atoms with Gasteiger partial charge in [-0.05, 0) is 78.4 Å². The number of nitrogens with one attached hydrogen (secondary N) is 2. The van der Waals surface area contributed by atoms with Crippen molar-refractivity contribution in [3.05, 3.63) is 89.0 Å². The van der Waals surface area contributed by atoms with Crippen LogP contribution < -0.4 is 20.1 Å². The summed E-state index contributed by atoms with van der Waals surface area (Å²) in [7, 11) is 0. The molecule has 0 fully saturated rings. The summed E-state index contributed by atoms with van der Waals surface area (Å²) in [6.45, 7) is 3.27. The molecule has 0 heterocycles. The monoisotopic (exact) mass is 640 g/mol. The lowest BCUT2D eigenvalue weighted by molar-refractivity contribution is -0.275. The van der Waals surface area contributed by atoms with E-state index in [0.29, 0.717) is 24.0 Å². The Bertz CT molecular complexity index is 1470. The molecule has 0 saturated heterocycles. The highest BCUT2D eigenvalue weighted by atomic mass is 19.4. The molecule has 2 atom stereocenters. The smallest absolute Gasteiger partial charge is 0.481 e. The van der Waals surface area contributed by atoms with Gasteiger partial charge in [-0.25, -0.2) is 0 Å². The van der Waals surface area contributed by atoms with Crippen LogP contribution in [0.2, 0.25) is 0 Å². The third kappa shape index (κ3) is 10.7. The van der Waals surface area contributed by atoms with Crippen LogP contribution in [0.1, 0.15) is 65.1 Å². The van der Waals surface area contributed by atoms with Gasteiger partial charge in [0.2, 0.25) is 5.91 Å². The molecule has 8 nitrogen and oxygen atoms in total. The van der Waals surface area contributed by atoms with Crippen molar-refractivity contribution in [3.63, 3.8) is 0 Å². The number of carboxylic acid groups (broad SMARTS) is 1. The highest BCUT2D eigenvalue weighted by Crippen LogP contribution is 2.39. The zero-order valence-corrected chi connectivity index (χ0v) is 24.1. The maximum atomic E-state index is 13.9. The third-order valence-electron chi connectivity index (χ3n) is 6.67. The number of hydrogen-bond donors (Lipinski definition) is 3. The molecule has 0 aliphatic heterocycles. The number of alkyl halides is 6. The first-order valence-electron chi connectivity index (χ1n) is 13.7. The van der Waals surface area contributed by atoms with Crippen molar-refractivity contribution < 1.29 is 55.3 Å². The number of halogens is 6. The van der Waals surface area contributed by atoms with Crippen LogP contribution in [0.4, 0.5) is 32.0 Å². The van der Waals surface area contributed by atoms with Crippen LogP contribution in [0.3, 0.4) is 0 Å². The zero-order valence-electron chi connectivity index (χ0n) is 24.1. The van der Waals surface area contributed by atoms with Crippen LogP contribution in [-0.4, -0.2) is 42.2 Å². The molecule has 14 heteroatoms. The van der Waals surface area contributed by atoms with E-state index in [1.165, 1.54) is 37.3 Å². The van der Waals surface area contributed by atoms with Gasteiger partial charge in [-0.1, -0.05) is 37.6 Å². The average molecular weight is 641 g/mol. The first-order valence-corrected chi connectivity index (χ1v) is 13.7. The Morgan fingerprint density at radius 3 is 1.91 bits per heavy atom. The van der Waals surface area contributed by atoms with Crippen molar-refractivity contribution >= 4 is 23.5 Å². The Hall–Kier alpha value is -4.75. The lowest BCUT2D eigenvalue weighted by Crippen LogP contribution is -2.28. The maximum Gasteiger partial charge on any atom is 0.573 e. The minimum Gasteiger partial charge on any atom is -0.481 e. The average Bonchev–Trinajstić information content (AvgIpc) is 2.93. The van der Waals surface area contributed by atoms with E-state index in [2.05, 4.69) is 20.1 Å². The molecule has 0 saturated carbocycles. The second-order valence-corrected chi connectivity index (χ2v) is 10.0. The summed E-state index contributed by atoms with van der Waals surface area (Å²) >= 11 is 0. The second-order valence-electron chi connectivity index (χ2n) is 10.0. The first kappa shape index (κ1) is 34.7. The minimum absolute atomic E-state index is 0.0760. The Labute approximate surface area is 254 Å². The van der Waals surface area contributed by atoms with Crippen LogP contribution in [0.25, 0.3) is 0 Å². The van der Waals surface area contributed by atoms with Crippen molar-refractivity contribution in [2.45, 2.75) is 57.7 Å². The lowest BCUT2D eigenvalue weighted by atomic mass is 9.78. The van der Waals surface area contributed by atoms with E-state index < -0.39 is 53.8 Å². The number of rotatable bonds is 13. The van der Waals surface area contributed by atoms with Crippen LogP contribution in [0, 0.1) is 6.92 Å². The molecular formula is C31H30F6N2O6. The number of carbonyl (C=O) groups excluding carboxylic acids is 2. The first-order chi connectivity index (χ1) is 21.1. The number of hydrogen-bond acceptors (Lipinski definition) is 5. The maximum absolute atomic E-state index is 13.9. The predicted molar refractivity (Wildman–Crippen MR) is 151 cm³/mol. The summed E-state index contributed by atoms with van der Waals surface area (Å²) < 4.78 is 84.2. The molecule has 2 amide bonds. The largest absolute Gasteiger partial charge is 0.573 e. The molecular weight excluding hydrogens is 610 g/mol. The van der Waals surface area contributed by atoms with E-state index in [0.717, 1.165) is 24.3 Å². The number of aryl methyl sites for hydroxylation is 1. The van der Waals surface area contributed by atoms with Gasteiger partial charge in [-0.15, -0.1) is 26.3 Å². The number of carbonyl (C=O) groups is 3. The Morgan fingerprint density at radius 1 is 0.822 bits per heavy atom. The Balaban J connectivity index is 1.97. The molecule has 0 bridgehead atoms. The van der Waals surface area contributed by atoms with E-state index >= 15 is 0 Å². The van der Waals surface area contributed by atoms with Crippen LogP contribution in [-0.2, 0) is 9.59 Å². The van der Waals surface area contributed by atoms with Gasteiger partial charge in [0.1, 0.15) is 11.5 Å². The minimum atomic E-state index is -4.93. The molecule has 0 aliphatic carbocycles. The second kappa shape index (κ2) is 14.8. The summed E-state index contributed by atoms with van der Waals surface area (Å²) in [4.78, 5) is 37.0. The fraction of sp³-hybridized carbons (Fsp3) is 0.323. The lowest BCUT2D eigenvalue weighted by Gasteiger charge is -2.28. The third-order valence-corrected chi connectivity index (χ3v) is 6.67. The van der Waals surface area contributed by atoms with E-state index in [1.54, 1.807) is 12.1 Å². The molecule has 3 aromatic carbocycles. The van der Waals surface area contributed by atoms with Gasteiger partial charge in [0.25, 0.3) is 5.91 Å². The molecule has 0 aromatic heterocycles. The van der Waals surface area contributed by atoms with E-state index in [9.17, 15) is 40.7 Å². The van der Waals surface area contributed by atoms with E-state index in [-0.39, 0.29) is 29.8 Å². The van der Waals surface area contributed by atoms with Gasteiger partial charge < -0.3 is 25.2 Å². The number of carboxylic acids is 1. The van der Waals surface area contributed by atoms with E-state index in [4.69, 9.17) is 5.11 Å². The van der Waals surface area contributed by atoms with Gasteiger partial charge in [0, 0.05) is 17.8 Å². The summed E-state index contributed by atoms with van der Waals surface area (Å²) in [5, 5.41) is 14.0. The summed E-state index contributed by atoms with van der Waals surface area (Å²) in [6, 6.07) is 14.5. The molecule has 3 aromatic rings. The highest BCUT2D eigenvalue weighted by molar-refractivity contribution is 5.97. The number of amides is 2. The number of ether oxygens (including phenoxy) is 2. The van der Waals surface area contributed by atoms with Crippen molar-refractivity contribution in [1.82, 2.24) is 5.32 Å². The standard InChI is InChI=1S/C31H30F6N2O6/c1-3-4-24(19-5-7-21(8-6-19)28(42)38-16-15-26(40)41)27(20-9-11-22(12-10-20)44-30(32,33)34)29(43)39-25-14-13-23(17-18(25)2)45-31(35,36)37/h5-14,17,24,27H,3-4,15-16H2,1-2H3,(H,38,42)(H,39,43)(H,40,41)/t24-,27+/m1/s1. The topological polar surface area (TPSA) is 114 Å². The normalized spacial score (nSPS) is 13.0. The van der Waals surface area contributed by atoms with Crippen LogP contribution in [0.15, 0.2) is 66.7 Å². The van der Waals surface area contributed by atoms with Crippen molar-refractivity contribution in [2.24, 2.45) is 0 Å². The van der Waals surface area contributed by atoms with Gasteiger partial charge >= 0.3 is 18.7 Å². The summed E-state index contributed by atoms with van der Waals surface area (Å²) in [5.74, 6) is -4.68. The molecule has 0 spiro atoms. The number of aliphatic carboxylic acids is 1. The molecule has 3 N–H and O–H groups in total. The van der Waals surface area contributed by atoms with Crippen LogP contribution >= 0.6 is 0 Å². The Kier molecular flexibility index (Phi) is 11.4. The molecule has 0 radical (unpaired) electrons. The van der Waals surface area contributed by atoms with Crippen molar-refractivity contribution in [3.8, 4) is 11.5 Å². The van der Waals surface area contributed by atoms with Gasteiger partial charge in [0.15, 0.2) is 0 Å². The SMILES string of the molecule is CCC[C@H](c1ccc(C(=O)NCCC(=O)O)cc1)[C@@H](C(=O)Nc1ccc(OC(F)(F)F)cc1C)c1ccc(OC(F)(F)F)cc1. The highest BCUT2D eigenvalue weighted by Gasteiger charge is 2.34. The molecule has 0 aliphatic rings. The van der Waals surface area contributed by atoms with E-state index in [1.807, 2.05) is 6.92 Å². The number of anilines is 1. The van der Waals surface area contributed by atoms with Gasteiger partial charge in [0.05, 0.1) is 12.3 Å². The summed E-state index contributed by atoms with van der Waals surface area (Å²) in [6.07, 6.45) is -9.08. The van der Waals surface area contributed by atoms with Crippen molar-refractivity contribution in [2.75, 3.05) is 11.9 Å². The molecule has 0 unspecified atom stereocenters. The number of benzene rings is 3. The van der Waals surface area contributed by atoms with Crippen LogP contribution in [0.5, 0.6) is 11.5 Å². The summed E-state index contributed by atoms with van der Waals surface area (Å²) in [5.41, 5.74) is 1.67. The molecule has 3 rings (SSSR count). The molecule has 242 valence electrons. The fourth-order valence-corrected chi connectivity index (χ4v) is 4.73.